The van der Waals surface area contributed by atoms with Gasteiger partial charge in [-0.15, -0.1) is 0 Å². The van der Waals surface area contributed by atoms with E-state index in [-0.39, 0.29) is 12.1 Å². The topological polar surface area (TPSA) is 58.4 Å². The zero-order valence-corrected chi connectivity index (χ0v) is 11.9. The lowest BCUT2D eigenvalue weighted by molar-refractivity contribution is 0.164. The van der Waals surface area contributed by atoms with Gasteiger partial charge < -0.3 is 16.0 Å². The number of piperidine rings is 1. The Kier molecular flexibility index (Phi) is 4.66. The number of halogens is 1. The molecule has 104 valence electrons. The Morgan fingerprint density at radius 3 is 2.95 bits per heavy atom. The number of hydrogen-bond donors (Lipinski definition) is 2. The summed E-state index contributed by atoms with van der Waals surface area (Å²) in [5.41, 5.74) is 6.70. The van der Waals surface area contributed by atoms with Gasteiger partial charge in [0, 0.05) is 19.1 Å². The molecule has 0 saturated carbocycles. The molecule has 2 unspecified atom stereocenters. The molecule has 2 rings (SSSR count). The maximum absolute atomic E-state index is 12.2. The molecule has 5 heteroatoms. The number of rotatable bonds is 2. The molecule has 4 nitrogen and oxygen atoms in total. The van der Waals surface area contributed by atoms with Crippen molar-refractivity contribution in [3.05, 3.63) is 29.3 Å². The molecule has 1 aromatic rings. The first-order chi connectivity index (χ1) is 9.11. The van der Waals surface area contributed by atoms with E-state index in [1.165, 1.54) is 0 Å². The van der Waals surface area contributed by atoms with E-state index in [0.29, 0.717) is 29.7 Å². The van der Waals surface area contributed by atoms with Gasteiger partial charge in [-0.05, 0) is 24.5 Å². The van der Waals surface area contributed by atoms with Crippen LogP contribution in [0.2, 0.25) is 5.02 Å². The second kappa shape index (κ2) is 6.26. The van der Waals surface area contributed by atoms with Crippen molar-refractivity contribution < 1.29 is 4.79 Å². The molecule has 3 N–H and O–H groups in total. The zero-order chi connectivity index (χ0) is 13.8. The molecule has 0 bridgehead atoms. The SMILES string of the molecule is CCC1CN(C(=O)Nc2ccccc2Cl)CCC1N. The van der Waals surface area contributed by atoms with E-state index in [9.17, 15) is 4.79 Å². The van der Waals surface area contributed by atoms with Gasteiger partial charge in [0.05, 0.1) is 10.7 Å². The normalized spacial score (nSPS) is 23.2. The Labute approximate surface area is 118 Å². The molecule has 1 aliphatic rings. The largest absolute Gasteiger partial charge is 0.327 e. The van der Waals surface area contributed by atoms with Gasteiger partial charge in [-0.2, -0.15) is 0 Å². The second-order valence-electron chi connectivity index (χ2n) is 4.98. The van der Waals surface area contributed by atoms with Crippen LogP contribution < -0.4 is 11.1 Å². The van der Waals surface area contributed by atoms with E-state index in [0.717, 1.165) is 12.8 Å². The van der Waals surface area contributed by atoms with Gasteiger partial charge in [-0.25, -0.2) is 4.79 Å². The van der Waals surface area contributed by atoms with E-state index < -0.39 is 0 Å². The maximum Gasteiger partial charge on any atom is 0.321 e. The van der Waals surface area contributed by atoms with Crippen LogP contribution in [0.3, 0.4) is 0 Å². The number of nitrogens with zero attached hydrogens (tertiary/aromatic N) is 1. The summed E-state index contributed by atoms with van der Waals surface area (Å²) in [6.07, 6.45) is 1.85. The van der Waals surface area contributed by atoms with Crippen molar-refractivity contribution >= 4 is 23.3 Å². The first-order valence-electron chi connectivity index (χ1n) is 6.68. The lowest BCUT2D eigenvalue weighted by atomic mass is 9.91. The molecule has 2 atom stereocenters. The third-order valence-electron chi connectivity index (χ3n) is 3.72. The molecular formula is C14H20ClN3O. The fourth-order valence-corrected chi connectivity index (χ4v) is 2.61. The average Bonchev–Trinajstić information content (AvgIpc) is 2.42. The molecule has 1 saturated heterocycles. The fourth-order valence-electron chi connectivity index (χ4n) is 2.42. The smallest absolute Gasteiger partial charge is 0.321 e. The van der Waals surface area contributed by atoms with Crippen LogP contribution in [-0.4, -0.2) is 30.1 Å². The van der Waals surface area contributed by atoms with Gasteiger partial charge in [0.15, 0.2) is 0 Å². The first-order valence-corrected chi connectivity index (χ1v) is 7.05. The first kappa shape index (κ1) is 14.2. The van der Waals surface area contributed by atoms with Crippen LogP contribution in [0.15, 0.2) is 24.3 Å². The highest BCUT2D eigenvalue weighted by atomic mass is 35.5. The number of anilines is 1. The number of amides is 2. The van der Waals surface area contributed by atoms with E-state index in [1.807, 2.05) is 17.0 Å². The Hall–Kier alpha value is -1.26. The molecule has 0 radical (unpaired) electrons. The summed E-state index contributed by atoms with van der Waals surface area (Å²) in [5, 5.41) is 3.41. The number of likely N-dealkylation sites (tertiary alicyclic amines) is 1. The predicted molar refractivity (Wildman–Crippen MR) is 78.4 cm³/mol. The lowest BCUT2D eigenvalue weighted by Crippen LogP contribution is -2.50. The van der Waals surface area contributed by atoms with Crippen LogP contribution in [0.5, 0.6) is 0 Å². The number of nitrogens with one attached hydrogen (secondary N) is 1. The number of carbonyl (C=O) groups is 1. The third-order valence-corrected chi connectivity index (χ3v) is 4.05. The van der Waals surface area contributed by atoms with Crippen molar-refractivity contribution in [1.82, 2.24) is 4.90 Å². The van der Waals surface area contributed by atoms with E-state index in [2.05, 4.69) is 12.2 Å². The minimum Gasteiger partial charge on any atom is -0.327 e. The Morgan fingerprint density at radius 2 is 2.26 bits per heavy atom. The van der Waals surface area contributed by atoms with Crippen LogP contribution in [0.25, 0.3) is 0 Å². The summed E-state index contributed by atoms with van der Waals surface area (Å²) < 4.78 is 0. The molecule has 19 heavy (non-hydrogen) atoms. The minimum atomic E-state index is -0.0987. The summed E-state index contributed by atoms with van der Waals surface area (Å²) in [7, 11) is 0. The van der Waals surface area contributed by atoms with Gasteiger partial charge in [0.2, 0.25) is 0 Å². The highest BCUT2D eigenvalue weighted by Gasteiger charge is 2.28. The van der Waals surface area contributed by atoms with Crippen molar-refractivity contribution in [3.8, 4) is 0 Å². The molecule has 0 aromatic heterocycles. The van der Waals surface area contributed by atoms with Crippen LogP contribution in [0, 0.1) is 5.92 Å². The van der Waals surface area contributed by atoms with Crippen LogP contribution >= 0.6 is 11.6 Å². The van der Waals surface area contributed by atoms with Crippen molar-refractivity contribution in [2.24, 2.45) is 11.7 Å². The molecule has 1 aromatic carbocycles. The molecule has 0 aliphatic carbocycles. The predicted octanol–water partition coefficient (Wildman–Crippen LogP) is 2.93. The maximum atomic E-state index is 12.2. The fraction of sp³-hybridized carbons (Fsp3) is 0.500. The van der Waals surface area contributed by atoms with Gasteiger partial charge in [0.25, 0.3) is 0 Å². The standard InChI is InChI=1S/C14H20ClN3O/c1-2-10-9-18(8-7-12(10)16)14(19)17-13-6-4-3-5-11(13)15/h3-6,10,12H,2,7-9,16H2,1H3,(H,17,19). The molecular weight excluding hydrogens is 262 g/mol. The Morgan fingerprint density at radius 1 is 1.53 bits per heavy atom. The van der Waals surface area contributed by atoms with Crippen molar-refractivity contribution in [3.63, 3.8) is 0 Å². The van der Waals surface area contributed by atoms with Crippen molar-refractivity contribution in [1.29, 1.82) is 0 Å². The van der Waals surface area contributed by atoms with Crippen molar-refractivity contribution in [2.45, 2.75) is 25.8 Å². The third kappa shape index (κ3) is 3.39. The highest BCUT2D eigenvalue weighted by Crippen LogP contribution is 2.23. The van der Waals surface area contributed by atoms with Gasteiger partial charge >= 0.3 is 6.03 Å². The summed E-state index contributed by atoms with van der Waals surface area (Å²) in [6.45, 7) is 3.53. The summed E-state index contributed by atoms with van der Waals surface area (Å²) in [5.74, 6) is 0.380. The van der Waals surface area contributed by atoms with E-state index in [1.54, 1.807) is 12.1 Å². The Bertz CT molecular complexity index is 452. The molecule has 1 heterocycles. The molecule has 1 aliphatic heterocycles. The summed E-state index contributed by atoms with van der Waals surface area (Å²) in [4.78, 5) is 14.0. The summed E-state index contributed by atoms with van der Waals surface area (Å²) in [6, 6.07) is 7.35. The number of urea groups is 1. The van der Waals surface area contributed by atoms with Gasteiger partial charge in [-0.3, -0.25) is 0 Å². The number of benzene rings is 1. The van der Waals surface area contributed by atoms with Crippen LogP contribution in [-0.2, 0) is 0 Å². The zero-order valence-electron chi connectivity index (χ0n) is 11.1. The average molecular weight is 282 g/mol. The van der Waals surface area contributed by atoms with Gasteiger partial charge in [0.1, 0.15) is 0 Å². The van der Waals surface area contributed by atoms with E-state index in [4.69, 9.17) is 17.3 Å². The Balaban J connectivity index is 1.99. The van der Waals surface area contributed by atoms with E-state index >= 15 is 0 Å². The quantitative estimate of drug-likeness (QED) is 0.876. The van der Waals surface area contributed by atoms with Crippen LogP contribution in [0.4, 0.5) is 10.5 Å². The summed E-state index contributed by atoms with van der Waals surface area (Å²) >= 11 is 6.03. The molecule has 0 spiro atoms. The second-order valence-corrected chi connectivity index (χ2v) is 5.38. The molecule has 1 fully saturated rings. The lowest BCUT2D eigenvalue weighted by Gasteiger charge is -2.36. The number of para-hydroxylation sites is 1. The number of nitrogens with two attached hydrogens (primary N) is 1. The minimum absolute atomic E-state index is 0.0987. The number of hydrogen-bond acceptors (Lipinski definition) is 2. The monoisotopic (exact) mass is 281 g/mol. The van der Waals surface area contributed by atoms with Gasteiger partial charge in [-0.1, -0.05) is 37.1 Å². The van der Waals surface area contributed by atoms with Crippen molar-refractivity contribution in [2.75, 3.05) is 18.4 Å². The van der Waals surface area contributed by atoms with Crippen LogP contribution in [0.1, 0.15) is 19.8 Å². The molecule has 2 amide bonds. The highest BCUT2D eigenvalue weighted by molar-refractivity contribution is 6.33. The number of carbonyl (C=O) groups excluding carboxylic acids is 1.